The molecule has 152 valence electrons. The molecule has 0 spiro atoms. The quantitative estimate of drug-likeness (QED) is 0.727. The lowest BCUT2D eigenvalue weighted by molar-refractivity contribution is -0.133. The number of rotatable bonds is 7. The average Bonchev–Trinajstić information content (AvgIpc) is 3.04. The molecule has 0 bridgehead atoms. The van der Waals surface area contributed by atoms with E-state index in [1.807, 2.05) is 36.9 Å². The van der Waals surface area contributed by atoms with Gasteiger partial charge in [0.15, 0.2) is 0 Å². The number of nitrogens with zero attached hydrogens (tertiary/aromatic N) is 3. The first-order valence-electron chi connectivity index (χ1n) is 9.64. The normalized spacial score (nSPS) is 14.9. The van der Waals surface area contributed by atoms with Gasteiger partial charge in [-0.25, -0.2) is 0 Å². The zero-order chi connectivity index (χ0) is 20.1. The molecule has 1 aromatic carbocycles. The molecule has 0 aliphatic carbocycles. The van der Waals surface area contributed by atoms with Crippen LogP contribution in [-0.4, -0.2) is 61.3 Å². The summed E-state index contributed by atoms with van der Waals surface area (Å²) in [6, 6.07) is 5.85. The number of methoxy groups -OCH3 is 2. The van der Waals surface area contributed by atoms with E-state index in [0.717, 1.165) is 66.8 Å². The highest BCUT2D eigenvalue weighted by molar-refractivity contribution is 5.76. The third-order valence-corrected chi connectivity index (χ3v) is 5.38. The maximum atomic E-state index is 12.6. The van der Waals surface area contributed by atoms with Crippen molar-refractivity contribution in [1.82, 2.24) is 15.0 Å². The second-order valence-corrected chi connectivity index (χ2v) is 7.14. The molecule has 2 aromatic rings. The molecule has 0 N–H and O–H groups in total. The lowest BCUT2D eigenvalue weighted by Gasteiger charge is -2.35. The van der Waals surface area contributed by atoms with E-state index >= 15 is 0 Å². The van der Waals surface area contributed by atoms with Crippen molar-refractivity contribution in [3.8, 4) is 11.5 Å². The summed E-state index contributed by atoms with van der Waals surface area (Å²) >= 11 is 0. The molecular formula is C21H29N3O4. The van der Waals surface area contributed by atoms with Crippen LogP contribution in [0.2, 0.25) is 0 Å². The number of piperazine rings is 1. The largest absolute Gasteiger partial charge is 0.497 e. The number of ether oxygens (including phenoxy) is 2. The predicted octanol–water partition coefficient (Wildman–Crippen LogP) is 2.59. The van der Waals surface area contributed by atoms with Crippen LogP contribution >= 0.6 is 0 Å². The number of carbonyl (C=O) groups is 1. The standard InChI is InChI=1S/C21H29N3O4/c1-15-19(16(2)28-22-15)6-8-21(25)24-11-9-23(10-12-24)14-17-13-18(26-3)5-7-20(17)27-4/h5,7,13H,6,8-12,14H2,1-4H3. The maximum Gasteiger partial charge on any atom is 0.222 e. The van der Waals surface area contributed by atoms with Gasteiger partial charge in [0.25, 0.3) is 0 Å². The molecule has 28 heavy (non-hydrogen) atoms. The first kappa shape index (κ1) is 20.2. The molecule has 0 saturated carbocycles. The zero-order valence-corrected chi connectivity index (χ0v) is 17.2. The molecule has 1 aliphatic heterocycles. The number of benzene rings is 1. The highest BCUT2D eigenvalue weighted by atomic mass is 16.5. The number of hydrogen-bond donors (Lipinski definition) is 0. The molecule has 7 nitrogen and oxygen atoms in total. The fourth-order valence-electron chi connectivity index (χ4n) is 3.65. The van der Waals surface area contributed by atoms with Gasteiger partial charge in [-0.05, 0) is 38.5 Å². The Hall–Kier alpha value is -2.54. The van der Waals surface area contributed by atoms with Crippen molar-refractivity contribution in [3.63, 3.8) is 0 Å². The van der Waals surface area contributed by atoms with Crippen LogP contribution in [-0.2, 0) is 17.8 Å². The van der Waals surface area contributed by atoms with Gasteiger partial charge in [-0.2, -0.15) is 0 Å². The van der Waals surface area contributed by atoms with E-state index in [1.54, 1.807) is 14.2 Å². The van der Waals surface area contributed by atoms with E-state index in [1.165, 1.54) is 0 Å². The summed E-state index contributed by atoms with van der Waals surface area (Å²) in [6.07, 6.45) is 1.17. The molecule has 1 aromatic heterocycles. The Kier molecular flexibility index (Phi) is 6.57. The van der Waals surface area contributed by atoms with Crippen molar-refractivity contribution >= 4 is 5.91 Å². The van der Waals surface area contributed by atoms with Gasteiger partial charge < -0.3 is 18.9 Å². The van der Waals surface area contributed by atoms with Crippen LogP contribution in [0.25, 0.3) is 0 Å². The van der Waals surface area contributed by atoms with Crippen LogP contribution < -0.4 is 9.47 Å². The molecule has 0 radical (unpaired) electrons. The predicted molar refractivity (Wildman–Crippen MR) is 106 cm³/mol. The fourth-order valence-corrected chi connectivity index (χ4v) is 3.65. The third kappa shape index (κ3) is 4.65. The minimum absolute atomic E-state index is 0.193. The van der Waals surface area contributed by atoms with Crippen molar-refractivity contribution < 1.29 is 18.8 Å². The molecule has 1 fully saturated rings. The SMILES string of the molecule is COc1ccc(OC)c(CN2CCN(C(=O)CCc3c(C)noc3C)CC2)c1. The van der Waals surface area contributed by atoms with Crippen LogP contribution in [0.5, 0.6) is 11.5 Å². The Balaban J connectivity index is 1.51. The monoisotopic (exact) mass is 387 g/mol. The Morgan fingerprint density at radius 3 is 2.50 bits per heavy atom. The zero-order valence-electron chi connectivity index (χ0n) is 17.2. The molecule has 3 rings (SSSR count). The number of aromatic nitrogens is 1. The molecule has 2 heterocycles. The summed E-state index contributed by atoms with van der Waals surface area (Å²) in [5.74, 6) is 2.68. The van der Waals surface area contributed by atoms with Gasteiger partial charge >= 0.3 is 0 Å². The van der Waals surface area contributed by atoms with Crippen molar-refractivity contribution in [3.05, 3.63) is 40.8 Å². The molecule has 0 unspecified atom stereocenters. The molecule has 0 atom stereocenters. The van der Waals surface area contributed by atoms with Crippen molar-refractivity contribution in [2.24, 2.45) is 0 Å². The molecule has 1 amide bonds. The topological polar surface area (TPSA) is 68.0 Å². The van der Waals surface area contributed by atoms with Gasteiger partial charge in [-0.15, -0.1) is 0 Å². The number of hydrogen-bond acceptors (Lipinski definition) is 6. The van der Waals surface area contributed by atoms with E-state index in [-0.39, 0.29) is 5.91 Å². The summed E-state index contributed by atoms with van der Waals surface area (Å²) in [7, 11) is 3.35. The highest BCUT2D eigenvalue weighted by Crippen LogP contribution is 2.25. The third-order valence-electron chi connectivity index (χ3n) is 5.38. The van der Waals surface area contributed by atoms with Gasteiger partial charge in [-0.3, -0.25) is 9.69 Å². The summed E-state index contributed by atoms with van der Waals surface area (Å²) in [4.78, 5) is 16.9. The van der Waals surface area contributed by atoms with Crippen LogP contribution in [0.1, 0.15) is 29.0 Å². The van der Waals surface area contributed by atoms with E-state index in [0.29, 0.717) is 12.8 Å². The summed E-state index contributed by atoms with van der Waals surface area (Å²) < 4.78 is 16.0. The van der Waals surface area contributed by atoms with Crippen LogP contribution in [0.3, 0.4) is 0 Å². The summed E-state index contributed by atoms with van der Waals surface area (Å²) in [6.45, 7) is 7.77. The second-order valence-electron chi connectivity index (χ2n) is 7.14. The van der Waals surface area contributed by atoms with E-state index in [2.05, 4.69) is 10.1 Å². The Morgan fingerprint density at radius 1 is 1.14 bits per heavy atom. The van der Waals surface area contributed by atoms with E-state index in [9.17, 15) is 4.79 Å². The Morgan fingerprint density at radius 2 is 1.89 bits per heavy atom. The van der Waals surface area contributed by atoms with Gasteiger partial charge in [0.05, 0.1) is 19.9 Å². The van der Waals surface area contributed by atoms with Crippen molar-refractivity contribution in [1.29, 1.82) is 0 Å². The minimum atomic E-state index is 0.193. The lowest BCUT2D eigenvalue weighted by Crippen LogP contribution is -2.48. The van der Waals surface area contributed by atoms with Crippen molar-refractivity contribution in [2.45, 2.75) is 33.2 Å². The average molecular weight is 387 g/mol. The molecule has 1 aliphatic rings. The fraction of sp³-hybridized carbons (Fsp3) is 0.524. The number of aryl methyl sites for hydroxylation is 2. The Bertz CT molecular complexity index is 790. The smallest absolute Gasteiger partial charge is 0.222 e. The summed E-state index contributed by atoms with van der Waals surface area (Å²) in [5, 5.41) is 3.96. The van der Waals surface area contributed by atoms with E-state index < -0.39 is 0 Å². The van der Waals surface area contributed by atoms with Gasteiger partial charge in [0.1, 0.15) is 17.3 Å². The minimum Gasteiger partial charge on any atom is -0.497 e. The summed E-state index contributed by atoms with van der Waals surface area (Å²) in [5.41, 5.74) is 3.03. The number of amides is 1. The van der Waals surface area contributed by atoms with E-state index in [4.69, 9.17) is 14.0 Å². The second kappa shape index (κ2) is 9.10. The maximum absolute atomic E-state index is 12.6. The Labute approximate surface area is 166 Å². The first-order valence-corrected chi connectivity index (χ1v) is 9.64. The van der Waals surface area contributed by atoms with Crippen LogP contribution in [0.4, 0.5) is 0 Å². The highest BCUT2D eigenvalue weighted by Gasteiger charge is 2.22. The van der Waals surface area contributed by atoms with Gasteiger partial charge in [0.2, 0.25) is 5.91 Å². The van der Waals surface area contributed by atoms with Crippen LogP contribution in [0.15, 0.2) is 22.7 Å². The van der Waals surface area contributed by atoms with Gasteiger partial charge in [-0.1, -0.05) is 5.16 Å². The first-order chi connectivity index (χ1) is 13.5. The van der Waals surface area contributed by atoms with Gasteiger partial charge in [0, 0.05) is 50.3 Å². The van der Waals surface area contributed by atoms with Crippen molar-refractivity contribution in [2.75, 3.05) is 40.4 Å². The molecule has 1 saturated heterocycles. The lowest BCUT2D eigenvalue weighted by atomic mass is 10.1. The number of carbonyl (C=O) groups excluding carboxylic acids is 1. The molecular weight excluding hydrogens is 358 g/mol. The van der Waals surface area contributed by atoms with Crippen LogP contribution in [0, 0.1) is 13.8 Å². The molecule has 7 heteroatoms.